The van der Waals surface area contributed by atoms with Gasteiger partial charge in [-0.1, -0.05) is 24.3 Å². The Hall–Kier alpha value is -4.77. The zero-order valence-electron chi connectivity index (χ0n) is 23.7. The van der Waals surface area contributed by atoms with Crippen molar-refractivity contribution in [1.82, 2.24) is 4.90 Å². The summed E-state index contributed by atoms with van der Waals surface area (Å²) in [6, 6.07) is 17.5. The molecule has 1 saturated heterocycles. The Kier molecular flexibility index (Phi) is 9.87. The van der Waals surface area contributed by atoms with Gasteiger partial charge in [-0.3, -0.25) is 24.1 Å². The van der Waals surface area contributed by atoms with Gasteiger partial charge in [0.2, 0.25) is 5.91 Å². The Balaban J connectivity index is 1.40. The Bertz CT molecular complexity index is 1550. The van der Waals surface area contributed by atoms with E-state index in [-0.39, 0.29) is 17.4 Å². The Morgan fingerprint density at radius 2 is 1.67 bits per heavy atom. The van der Waals surface area contributed by atoms with Crippen LogP contribution in [0, 0.1) is 13.8 Å². The first-order valence-corrected chi connectivity index (χ1v) is 13.9. The van der Waals surface area contributed by atoms with Gasteiger partial charge in [0.1, 0.15) is 12.3 Å². The summed E-state index contributed by atoms with van der Waals surface area (Å²) in [7, 11) is 1.48. The first-order valence-electron chi connectivity index (χ1n) is 13.1. The number of thioether (sulfide) groups is 1. The van der Waals surface area contributed by atoms with Crippen LogP contribution in [0.1, 0.15) is 23.6 Å². The molecule has 4 rings (SSSR count). The van der Waals surface area contributed by atoms with Crippen LogP contribution in [-0.2, 0) is 14.4 Å². The minimum atomic E-state index is -0.582. The second-order valence-corrected chi connectivity index (χ2v) is 10.3. The van der Waals surface area contributed by atoms with Gasteiger partial charge in [-0.25, -0.2) is 0 Å². The molecule has 0 atom stereocenters. The number of carbonyl (C=O) groups is 4. The number of benzene rings is 3. The van der Waals surface area contributed by atoms with Crippen molar-refractivity contribution in [3.63, 3.8) is 0 Å². The molecule has 0 radical (unpaired) electrons. The largest absolute Gasteiger partial charge is 0.495 e. The molecule has 42 heavy (non-hydrogen) atoms. The highest BCUT2D eigenvalue weighted by Crippen LogP contribution is 2.35. The van der Waals surface area contributed by atoms with Crippen LogP contribution >= 0.6 is 11.8 Å². The van der Waals surface area contributed by atoms with Crippen molar-refractivity contribution < 1.29 is 33.4 Å². The highest BCUT2D eigenvalue weighted by Gasteiger charge is 2.36. The number of amides is 4. The van der Waals surface area contributed by atoms with E-state index in [1.54, 1.807) is 48.5 Å². The van der Waals surface area contributed by atoms with Gasteiger partial charge in [0.25, 0.3) is 17.1 Å². The van der Waals surface area contributed by atoms with E-state index in [0.717, 1.165) is 27.8 Å². The van der Waals surface area contributed by atoms with E-state index in [1.165, 1.54) is 7.11 Å². The smallest absolute Gasteiger partial charge is 0.294 e. The summed E-state index contributed by atoms with van der Waals surface area (Å²) < 4.78 is 16.6. The standard InChI is InChI=1S/C31H31N3O7S/c1-5-40-26-15-21(11-13-25(26)41-18-29(36)32-22-12-10-19(2)20(3)14-22)16-27-30(37)34(31(38)42-27)17-28(35)33-23-8-6-7-9-24(23)39-4/h6-16H,5,17-18H2,1-4H3,(H,32,36)(H,33,35)/b27-16+. The zero-order chi connectivity index (χ0) is 30.2. The van der Waals surface area contributed by atoms with Crippen molar-refractivity contribution in [3.8, 4) is 17.2 Å². The zero-order valence-corrected chi connectivity index (χ0v) is 24.5. The lowest BCUT2D eigenvalue weighted by molar-refractivity contribution is -0.127. The number of nitrogens with one attached hydrogen (secondary N) is 2. The number of rotatable bonds is 11. The number of hydrogen-bond acceptors (Lipinski definition) is 8. The molecule has 0 aliphatic carbocycles. The van der Waals surface area contributed by atoms with E-state index in [0.29, 0.717) is 40.8 Å². The van der Waals surface area contributed by atoms with Crippen molar-refractivity contribution >= 4 is 52.2 Å². The van der Waals surface area contributed by atoms with Crippen LogP contribution in [0.5, 0.6) is 17.2 Å². The molecule has 2 N–H and O–H groups in total. The van der Waals surface area contributed by atoms with Crippen molar-refractivity contribution in [2.24, 2.45) is 0 Å². The molecule has 1 aliphatic rings. The fourth-order valence-corrected chi connectivity index (χ4v) is 4.87. The normalized spacial score (nSPS) is 13.7. The van der Waals surface area contributed by atoms with Gasteiger partial charge in [-0.2, -0.15) is 0 Å². The molecule has 1 fully saturated rings. The predicted octanol–water partition coefficient (Wildman–Crippen LogP) is 5.40. The van der Waals surface area contributed by atoms with Gasteiger partial charge in [-0.05, 0) is 91.7 Å². The van der Waals surface area contributed by atoms with Gasteiger partial charge in [0, 0.05) is 5.69 Å². The first kappa shape index (κ1) is 30.2. The predicted molar refractivity (Wildman–Crippen MR) is 162 cm³/mol. The van der Waals surface area contributed by atoms with E-state index >= 15 is 0 Å². The number of imide groups is 1. The summed E-state index contributed by atoms with van der Waals surface area (Å²) in [5, 5.41) is 4.92. The van der Waals surface area contributed by atoms with Crippen molar-refractivity contribution in [3.05, 3.63) is 82.3 Å². The van der Waals surface area contributed by atoms with Crippen LogP contribution in [-0.4, -0.2) is 54.7 Å². The molecular formula is C31H31N3O7S. The molecule has 3 aromatic carbocycles. The monoisotopic (exact) mass is 589 g/mol. The van der Waals surface area contributed by atoms with Crippen molar-refractivity contribution in [2.45, 2.75) is 20.8 Å². The number of hydrogen-bond donors (Lipinski definition) is 2. The second kappa shape index (κ2) is 13.7. The van der Waals surface area contributed by atoms with Crippen LogP contribution in [0.25, 0.3) is 6.08 Å². The summed E-state index contributed by atoms with van der Waals surface area (Å²) >= 11 is 0.742. The molecule has 1 heterocycles. The Morgan fingerprint density at radius 3 is 2.40 bits per heavy atom. The topological polar surface area (TPSA) is 123 Å². The molecule has 0 spiro atoms. The lowest BCUT2D eigenvalue weighted by Crippen LogP contribution is -2.36. The van der Waals surface area contributed by atoms with Gasteiger partial charge < -0.3 is 24.8 Å². The number of nitrogens with zero attached hydrogens (tertiary/aromatic N) is 1. The van der Waals surface area contributed by atoms with Crippen molar-refractivity contribution in [1.29, 1.82) is 0 Å². The van der Waals surface area contributed by atoms with E-state index in [9.17, 15) is 19.2 Å². The maximum Gasteiger partial charge on any atom is 0.294 e. The third-order valence-corrected chi connectivity index (χ3v) is 7.18. The molecule has 1 aliphatic heterocycles. The minimum Gasteiger partial charge on any atom is -0.495 e. The molecule has 0 aromatic heterocycles. The lowest BCUT2D eigenvalue weighted by atomic mass is 10.1. The van der Waals surface area contributed by atoms with Crippen LogP contribution in [0.15, 0.2) is 65.6 Å². The van der Waals surface area contributed by atoms with Crippen molar-refractivity contribution in [2.75, 3.05) is 37.5 Å². The average Bonchev–Trinajstić information content (AvgIpc) is 3.22. The fourth-order valence-electron chi connectivity index (χ4n) is 4.03. The fraction of sp³-hybridized carbons (Fsp3) is 0.226. The van der Waals surface area contributed by atoms with E-state index in [2.05, 4.69) is 10.6 Å². The second-order valence-electron chi connectivity index (χ2n) is 9.29. The maximum atomic E-state index is 13.0. The summed E-state index contributed by atoms with van der Waals surface area (Å²) in [4.78, 5) is 51.7. The van der Waals surface area contributed by atoms with E-state index < -0.39 is 23.6 Å². The Morgan fingerprint density at radius 1 is 0.881 bits per heavy atom. The molecule has 4 amide bonds. The summed E-state index contributed by atoms with van der Waals surface area (Å²) in [6.07, 6.45) is 1.54. The molecule has 218 valence electrons. The van der Waals surface area contributed by atoms with Crippen LogP contribution < -0.4 is 24.8 Å². The minimum absolute atomic E-state index is 0.161. The molecular weight excluding hydrogens is 558 g/mol. The number of para-hydroxylation sites is 2. The summed E-state index contributed by atoms with van der Waals surface area (Å²) in [6.45, 7) is 5.44. The third kappa shape index (κ3) is 7.49. The van der Waals surface area contributed by atoms with Crippen LogP contribution in [0.4, 0.5) is 16.2 Å². The number of anilines is 2. The van der Waals surface area contributed by atoms with Gasteiger partial charge >= 0.3 is 0 Å². The number of carbonyl (C=O) groups excluding carboxylic acids is 4. The summed E-state index contributed by atoms with van der Waals surface area (Å²) in [5.74, 6) is -0.259. The maximum absolute atomic E-state index is 13.0. The first-order chi connectivity index (χ1) is 20.2. The third-order valence-electron chi connectivity index (χ3n) is 6.27. The highest BCUT2D eigenvalue weighted by molar-refractivity contribution is 8.18. The molecule has 0 unspecified atom stereocenters. The highest BCUT2D eigenvalue weighted by atomic mass is 32.2. The SMILES string of the molecule is CCOc1cc(/C=C2/SC(=O)N(CC(=O)Nc3ccccc3OC)C2=O)ccc1OCC(=O)Nc1ccc(C)c(C)c1. The van der Waals surface area contributed by atoms with Gasteiger partial charge in [0.15, 0.2) is 18.1 Å². The number of methoxy groups -OCH3 is 1. The average molecular weight is 590 g/mol. The van der Waals surface area contributed by atoms with Crippen LogP contribution in [0.3, 0.4) is 0 Å². The van der Waals surface area contributed by atoms with E-state index in [1.807, 2.05) is 39.0 Å². The lowest BCUT2D eigenvalue weighted by Gasteiger charge is -2.14. The number of ether oxygens (including phenoxy) is 3. The van der Waals surface area contributed by atoms with Crippen LogP contribution in [0.2, 0.25) is 0 Å². The molecule has 0 bridgehead atoms. The quantitative estimate of drug-likeness (QED) is 0.285. The summed E-state index contributed by atoms with van der Waals surface area (Å²) in [5.41, 5.74) is 3.88. The molecule has 10 nitrogen and oxygen atoms in total. The molecule has 0 saturated carbocycles. The molecule has 11 heteroatoms. The van der Waals surface area contributed by atoms with Gasteiger partial charge in [0.05, 0.1) is 24.3 Å². The van der Waals surface area contributed by atoms with E-state index in [4.69, 9.17) is 14.2 Å². The number of aryl methyl sites for hydroxylation is 2. The van der Waals surface area contributed by atoms with Gasteiger partial charge in [-0.15, -0.1) is 0 Å². The Labute approximate surface area is 248 Å². The molecule has 3 aromatic rings.